The van der Waals surface area contributed by atoms with Gasteiger partial charge >= 0.3 is 0 Å². The van der Waals surface area contributed by atoms with Crippen molar-refractivity contribution in [3.63, 3.8) is 0 Å². The third-order valence-electron chi connectivity index (χ3n) is 3.68. The van der Waals surface area contributed by atoms with E-state index in [2.05, 4.69) is 40.3 Å². The summed E-state index contributed by atoms with van der Waals surface area (Å²) < 4.78 is 1.94. The van der Waals surface area contributed by atoms with E-state index in [0.717, 1.165) is 44.2 Å². The summed E-state index contributed by atoms with van der Waals surface area (Å²) in [7, 11) is 0. The fourth-order valence-electron chi connectivity index (χ4n) is 2.64. The molecule has 2 aromatic rings. The van der Waals surface area contributed by atoms with Crippen LogP contribution in [0.1, 0.15) is 45.0 Å². The van der Waals surface area contributed by atoms with Crippen molar-refractivity contribution in [2.75, 3.05) is 26.2 Å². The van der Waals surface area contributed by atoms with E-state index in [0.29, 0.717) is 11.1 Å². The fraction of sp³-hybridized carbons (Fsp3) is 0.625. The maximum atomic E-state index is 6.42. The van der Waals surface area contributed by atoms with Crippen molar-refractivity contribution in [2.45, 2.75) is 40.2 Å². The molecule has 1 aliphatic rings. The van der Waals surface area contributed by atoms with E-state index in [-0.39, 0.29) is 0 Å². The van der Waals surface area contributed by atoms with Gasteiger partial charge in [-0.1, -0.05) is 39.3 Å². The number of pyridine rings is 1. The van der Waals surface area contributed by atoms with Gasteiger partial charge in [0.05, 0.1) is 0 Å². The van der Waals surface area contributed by atoms with Crippen molar-refractivity contribution in [1.82, 2.24) is 24.8 Å². The number of fused-ring (bicyclic) bond motifs is 1. The Morgan fingerprint density at radius 1 is 1.18 bits per heavy atom. The van der Waals surface area contributed by atoms with Gasteiger partial charge in [0.1, 0.15) is 11.0 Å². The monoisotopic (exact) mass is 323 g/mol. The second-order valence-electron chi connectivity index (χ2n) is 5.62. The molecule has 1 N–H and O–H groups in total. The van der Waals surface area contributed by atoms with Crippen LogP contribution in [0.3, 0.4) is 0 Å². The molecule has 1 fully saturated rings. The smallest absolute Gasteiger partial charge is 0.162 e. The molecule has 0 spiro atoms. The molecule has 0 aliphatic carbocycles. The summed E-state index contributed by atoms with van der Waals surface area (Å²) in [5.41, 5.74) is 2.04. The summed E-state index contributed by atoms with van der Waals surface area (Å²) in [5.74, 6) is 1.22. The lowest BCUT2D eigenvalue weighted by Crippen LogP contribution is -2.42. The first-order valence-electron chi connectivity index (χ1n) is 8.11. The zero-order valence-corrected chi connectivity index (χ0v) is 14.7. The molecule has 0 saturated carbocycles. The predicted molar refractivity (Wildman–Crippen MR) is 91.6 cm³/mol. The van der Waals surface area contributed by atoms with Gasteiger partial charge in [0, 0.05) is 38.6 Å². The van der Waals surface area contributed by atoms with Gasteiger partial charge in [-0.15, -0.1) is 10.2 Å². The van der Waals surface area contributed by atoms with Gasteiger partial charge < -0.3 is 5.32 Å². The molecule has 22 heavy (non-hydrogen) atoms. The van der Waals surface area contributed by atoms with Crippen LogP contribution in [0.15, 0.2) is 12.1 Å². The minimum atomic E-state index is 0.307. The molecule has 0 amide bonds. The SMILES string of the molecule is CC.CC(C)c1nnc2cc(CN3CCNCC3)cc(Cl)n12. The van der Waals surface area contributed by atoms with Gasteiger partial charge in [0.15, 0.2) is 5.65 Å². The van der Waals surface area contributed by atoms with Crippen LogP contribution in [0.25, 0.3) is 5.65 Å². The van der Waals surface area contributed by atoms with Crippen LogP contribution in [0.4, 0.5) is 0 Å². The number of rotatable bonds is 3. The molecule has 3 heterocycles. The number of piperazine rings is 1. The standard InChI is InChI=1S/C14H20ClN5.C2H6/c1-10(2)14-18-17-13-8-11(7-12(15)20(13)14)9-19-5-3-16-4-6-19;1-2/h7-8,10,16H,3-6,9H2,1-2H3;1-2H3. The highest BCUT2D eigenvalue weighted by Crippen LogP contribution is 2.22. The van der Waals surface area contributed by atoms with Gasteiger partial charge in [0.2, 0.25) is 0 Å². The minimum Gasteiger partial charge on any atom is -0.314 e. The predicted octanol–water partition coefficient (Wildman–Crippen LogP) is 2.94. The largest absolute Gasteiger partial charge is 0.314 e. The number of hydrogen-bond acceptors (Lipinski definition) is 4. The van der Waals surface area contributed by atoms with Crippen molar-refractivity contribution in [2.24, 2.45) is 0 Å². The van der Waals surface area contributed by atoms with Gasteiger partial charge in [0.25, 0.3) is 0 Å². The number of nitrogens with zero attached hydrogens (tertiary/aromatic N) is 4. The number of nitrogens with one attached hydrogen (secondary N) is 1. The van der Waals surface area contributed by atoms with Crippen LogP contribution in [-0.2, 0) is 6.54 Å². The molecule has 3 rings (SSSR count). The highest BCUT2D eigenvalue weighted by Gasteiger charge is 2.15. The molecule has 5 nitrogen and oxygen atoms in total. The molecule has 6 heteroatoms. The van der Waals surface area contributed by atoms with Crippen molar-refractivity contribution in [3.8, 4) is 0 Å². The van der Waals surface area contributed by atoms with E-state index in [9.17, 15) is 0 Å². The number of halogens is 1. The van der Waals surface area contributed by atoms with E-state index < -0.39 is 0 Å². The lowest BCUT2D eigenvalue weighted by molar-refractivity contribution is 0.233. The molecule has 0 radical (unpaired) electrons. The van der Waals surface area contributed by atoms with E-state index >= 15 is 0 Å². The van der Waals surface area contributed by atoms with Crippen molar-refractivity contribution >= 4 is 17.2 Å². The lowest BCUT2D eigenvalue weighted by atomic mass is 10.2. The average Bonchev–Trinajstić information content (AvgIpc) is 2.95. The minimum absolute atomic E-state index is 0.307. The Kier molecular flexibility index (Phi) is 6.17. The molecule has 122 valence electrons. The average molecular weight is 324 g/mol. The Morgan fingerprint density at radius 3 is 2.50 bits per heavy atom. The third-order valence-corrected chi connectivity index (χ3v) is 3.96. The van der Waals surface area contributed by atoms with E-state index in [4.69, 9.17) is 11.6 Å². The Balaban J connectivity index is 0.000000847. The lowest BCUT2D eigenvalue weighted by Gasteiger charge is -2.27. The van der Waals surface area contributed by atoms with Crippen molar-refractivity contribution in [3.05, 3.63) is 28.7 Å². The topological polar surface area (TPSA) is 45.5 Å². The Labute approximate surface area is 137 Å². The zero-order valence-electron chi connectivity index (χ0n) is 13.9. The normalized spacial score (nSPS) is 15.9. The van der Waals surface area contributed by atoms with Crippen LogP contribution >= 0.6 is 11.6 Å². The zero-order chi connectivity index (χ0) is 16.1. The van der Waals surface area contributed by atoms with Gasteiger partial charge in [-0.3, -0.25) is 9.30 Å². The summed E-state index contributed by atoms with van der Waals surface area (Å²) in [6, 6.07) is 4.12. The third kappa shape index (κ3) is 3.77. The maximum absolute atomic E-state index is 6.42. The molecular formula is C16H26ClN5. The molecule has 0 unspecified atom stereocenters. The molecule has 1 aliphatic heterocycles. The Morgan fingerprint density at radius 2 is 1.86 bits per heavy atom. The van der Waals surface area contributed by atoms with Crippen LogP contribution in [-0.4, -0.2) is 45.7 Å². The number of hydrogen-bond donors (Lipinski definition) is 1. The van der Waals surface area contributed by atoms with Gasteiger partial charge in [-0.25, -0.2) is 0 Å². The maximum Gasteiger partial charge on any atom is 0.162 e. The Hall–Kier alpha value is -1.17. The molecular weight excluding hydrogens is 298 g/mol. The Bertz CT molecular complexity index is 602. The highest BCUT2D eigenvalue weighted by molar-refractivity contribution is 6.29. The van der Waals surface area contributed by atoms with E-state index in [1.54, 1.807) is 0 Å². The van der Waals surface area contributed by atoms with Crippen molar-refractivity contribution in [1.29, 1.82) is 0 Å². The van der Waals surface area contributed by atoms with Crippen LogP contribution in [0.5, 0.6) is 0 Å². The molecule has 2 aromatic heterocycles. The fourth-order valence-corrected chi connectivity index (χ4v) is 2.95. The first-order chi connectivity index (χ1) is 10.6. The van der Waals surface area contributed by atoms with Crippen molar-refractivity contribution < 1.29 is 0 Å². The molecule has 0 bridgehead atoms. The molecule has 0 aromatic carbocycles. The van der Waals surface area contributed by atoms with E-state index in [1.807, 2.05) is 24.3 Å². The summed E-state index contributed by atoms with van der Waals surface area (Å²) >= 11 is 6.42. The number of aromatic nitrogens is 3. The summed E-state index contributed by atoms with van der Waals surface area (Å²) in [4.78, 5) is 2.43. The second kappa shape index (κ2) is 7.90. The second-order valence-corrected chi connectivity index (χ2v) is 6.01. The van der Waals surface area contributed by atoms with Crippen LogP contribution < -0.4 is 5.32 Å². The quantitative estimate of drug-likeness (QED) is 0.882. The van der Waals surface area contributed by atoms with E-state index in [1.165, 1.54) is 5.56 Å². The highest BCUT2D eigenvalue weighted by atomic mass is 35.5. The summed E-state index contributed by atoms with van der Waals surface area (Å²) in [5, 5.41) is 12.6. The summed E-state index contributed by atoms with van der Waals surface area (Å²) in [6.45, 7) is 13.4. The molecule has 1 saturated heterocycles. The van der Waals surface area contributed by atoms with Crippen LogP contribution in [0, 0.1) is 0 Å². The van der Waals surface area contributed by atoms with Gasteiger partial charge in [-0.05, 0) is 17.7 Å². The molecule has 0 atom stereocenters. The van der Waals surface area contributed by atoms with Gasteiger partial charge in [-0.2, -0.15) is 0 Å². The summed E-state index contributed by atoms with van der Waals surface area (Å²) in [6.07, 6.45) is 0. The van der Waals surface area contributed by atoms with Crippen LogP contribution in [0.2, 0.25) is 5.15 Å². The first-order valence-corrected chi connectivity index (χ1v) is 8.49. The first kappa shape index (κ1) is 17.2.